The second-order valence-electron chi connectivity index (χ2n) is 7.99. The SMILES string of the molecule is COc1ccc(C(=O)c2oc3cc(NC(=O)C4CCCCC4)ccc3c2C)cc1OC. The number of ketones is 1. The smallest absolute Gasteiger partial charge is 0.228 e. The van der Waals surface area contributed by atoms with Crippen LogP contribution in [0.3, 0.4) is 0 Å². The molecule has 31 heavy (non-hydrogen) atoms. The molecule has 3 aromatic rings. The van der Waals surface area contributed by atoms with Gasteiger partial charge in [-0.25, -0.2) is 0 Å². The van der Waals surface area contributed by atoms with Gasteiger partial charge in [0.2, 0.25) is 11.7 Å². The topological polar surface area (TPSA) is 77.8 Å². The van der Waals surface area contributed by atoms with Crippen LogP contribution in [0.15, 0.2) is 40.8 Å². The Bertz CT molecular complexity index is 1120. The number of fused-ring (bicyclic) bond motifs is 1. The lowest BCUT2D eigenvalue weighted by Crippen LogP contribution is -2.24. The minimum atomic E-state index is -0.234. The van der Waals surface area contributed by atoms with Crippen LogP contribution < -0.4 is 14.8 Å². The Morgan fingerprint density at radius 3 is 2.42 bits per heavy atom. The van der Waals surface area contributed by atoms with E-state index in [0.29, 0.717) is 28.3 Å². The van der Waals surface area contributed by atoms with Gasteiger partial charge in [-0.2, -0.15) is 0 Å². The van der Waals surface area contributed by atoms with E-state index in [1.807, 2.05) is 19.1 Å². The Morgan fingerprint density at radius 1 is 0.968 bits per heavy atom. The maximum Gasteiger partial charge on any atom is 0.228 e. The first kappa shape index (κ1) is 21.0. The summed E-state index contributed by atoms with van der Waals surface area (Å²) in [7, 11) is 3.08. The van der Waals surface area contributed by atoms with Crippen LogP contribution in [0.4, 0.5) is 5.69 Å². The average molecular weight is 421 g/mol. The van der Waals surface area contributed by atoms with Crippen molar-refractivity contribution >= 4 is 28.3 Å². The van der Waals surface area contributed by atoms with E-state index in [4.69, 9.17) is 13.9 Å². The van der Waals surface area contributed by atoms with Gasteiger partial charge in [-0.05, 0) is 50.1 Å². The number of hydrogen-bond acceptors (Lipinski definition) is 5. The molecule has 0 atom stereocenters. The van der Waals surface area contributed by atoms with Crippen molar-refractivity contribution in [1.29, 1.82) is 0 Å². The highest BCUT2D eigenvalue weighted by Gasteiger charge is 2.23. The highest BCUT2D eigenvalue weighted by Crippen LogP contribution is 2.33. The molecule has 1 heterocycles. The molecule has 1 saturated carbocycles. The maximum atomic E-state index is 13.1. The normalized spacial score (nSPS) is 14.4. The Kier molecular flexibility index (Phi) is 5.98. The first-order valence-corrected chi connectivity index (χ1v) is 10.6. The van der Waals surface area contributed by atoms with Gasteiger partial charge in [0.25, 0.3) is 0 Å². The lowest BCUT2D eigenvalue weighted by Gasteiger charge is -2.20. The van der Waals surface area contributed by atoms with Crippen molar-refractivity contribution in [3.05, 3.63) is 53.3 Å². The van der Waals surface area contributed by atoms with E-state index in [9.17, 15) is 9.59 Å². The van der Waals surface area contributed by atoms with Crippen LogP contribution in [-0.4, -0.2) is 25.9 Å². The van der Waals surface area contributed by atoms with Crippen LogP contribution in [0.5, 0.6) is 11.5 Å². The van der Waals surface area contributed by atoms with E-state index >= 15 is 0 Å². The molecule has 1 aromatic heterocycles. The summed E-state index contributed by atoms with van der Waals surface area (Å²) < 4.78 is 16.5. The lowest BCUT2D eigenvalue weighted by molar-refractivity contribution is -0.120. The molecule has 2 aromatic carbocycles. The molecule has 0 saturated heterocycles. The highest BCUT2D eigenvalue weighted by atomic mass is 16.5. The van der Waals surface area contributed by atoms with E-state index in [0.717, 1.165) is 36.6 Å². The molecule has 1 aliphatic carbocycles. The number of furan rings is 1. The average Bonchev–Trinajstić information content (AvgIpc) is 3.14. The van der Waals surface area contributed by atoms with Gasteiger partial charge in [0, 0.05) is 34.2 Å². The third-order valence-electron chi connectivity index (χ3n) is 6.03. The molecule has 162 valence electrons. The van der Waals surface area contributed by atoms with Gasteiger partial charge >= 0.3 is 0 Å². The Morgan fingerprint density at radius 2 is 1.71 bits per heavy atom. The summed E-state index contributed by atoms with van der Waals surface area (Å²) in [6.45, 7) is 1.86. The Hall–Kier alpha value is -3.28. The summed E-state index contributed by atoms with van der Waals surface area (Å²) in [6.07, 6.45) is 5.31. The Labute approximate surface area is 181 Å². The number of benzene rings is 2. The predicted octanol–water partition coefficient (Wildman–Crippen LogP) is 5.51. The molecule has 0 bridgehead atoms. The van der Waals surface area contributed by atoms with Crippen LogP contribution in [0.1, 0.15) is 53.8 Å². The van der Waals surface area contributed by atoms with Gasteiger partial charge in [-0.3, -0.25) is 9.59 Å². The molecule has 6 nitrogen and oxygen atoms in total. The first-order valence-electron chi connectivity index (χ1n) is 10.6. The summed E-state index contributed by atoms with van der Waals surface area (Å²) in [5.41, 5.74) is 2.47. The van der Waals surface area contributed by atoms with Gasteiger partial charge in [-0.15, -0.1) is 0 Å². The molecule has 4 rings (SSSR count). The number of ether oxygens (including phenoxy) is 2. The number of nitrogens with one attached hydrogen (secondary N) is 1. The molecule has 6 heteroatoms. The first-order chi connectivity index (χ1) is 15.0. The third-order valence-corrected chi connectivity index (χ3v) is 6.03. The summed E-state index contributed by atoms with van der Waals surface area (Å²) >= 11 is 0. The molecule has 1 N–H and O–H groups in total. The van der Waals surface area contributed by atoms with Gasteiger partial charge in [0.1, 0.15) is 5.58 Å². The van der Waals surface area contributed by atoms with Crippen molar-refractivity contribution in [2.24, 2.45) is 5.92 Å². The Balaban J connectivity index is 1.60. The zero-order valence-corrected chi connectivity index (χ0v) is 18.1. The van der Waals surface area contributed by atoms with Crippen LogP contribution >= 0.6 is 0 Å². The van der Waals surface area contributed by atoms with Crippen molar-refractivity contribution in [3.8, 4) is 11.5 Å². The van der Waals surface area contributed by atoms with Crippen molar-refractivity contribution in [2.75, 3.05) is 19.5 Å². The number of anilines is 1. The molecular weight excluding hydrogens is 394 g/mol. The fourth-order valence-corrected chi connectivity index (χ4v) is 4.24. The lowest BCUT2D eigenvalue weighted by atomic mass is 9.88. The van der Waals surface area contributed by atoms with Crippen LogP contribution in [0, 0.1) is 12.8 Å². The van der Waals surface area contributed by atoms with Gasteiger partial charge < -0.3 is 19.2 Å². The summed E-state index contributed by atoms with van der Waals surface area (Å²) in [6, 6.07) is 10.6. The summed E-state index contributed by atoms with van der Waals surface area (Å²) in [5.74, 6) is 1.21. The molecule has 0 radical (unpaired) electrons. The number of rotatable bonds is 6. The minimum Gasteiger partial charge on any atom is -0.493 e. The second-order valence-corrected chi connectivity index (χ2v) is 7.99. The van der Waals surface area contributed by atoms with Crippen LogP contribution in [-0.2, 0) is 4.79 Å². The molecule has 0 spiro atoms. The van der Waals surface area contributed by atoms with Crippen molar-refractivity contribution in [1.82, 2.24) is 0 Å². The van der Waals surface area contributed by atoms with E-state index in [-0.39, 0.29) is 23.4 Å². The van der Waals surface area contributed by atoms with Crippen molar-refractivity contribution in [2.45, 2.75) is 39.0 Å². The summed E-state index contributed by atoms with van der Waals surface area (Å²) in [5, 5.41) is 3.85. The monoisotopic (exact) mass is 421 g/mol. The maximum absolute atomic E-state index is 13.1. The third kappa shape index (κ3) is 4.15. The minimum absolute atomic E-state index is 0.0592. The van der Waals surface area contributed by atoms with E-state index < -0.39 is 0 Å². The second kappa shape index (κ2) is 8.84. The van der Waals surface area contributed by atoms with E-state index in [1.54, 1.807) is 31.4 Å². The molecule has 1 amide bonds. The van der Waals surface area contributed by atoms with Crippen molar-refractivity contribution in [3.63, 3.8) is 0 Å². The molecular formula is C25H27NO5. The molecule has 0 aliphatic heterocycles. The zero-order chi connectivity index (χ0) is 22.0. The van der Waals surface area contributed by atoms with Gasteiger partial charge in [0.05, 0.1) is 14.2 Å². The number of methoxy groups -OCH3 is 2. The highest BCUT2D eigenvalue weighted by molar-refractivity contribution is 6.11. The predicted molar refractivity (Wildman–Crippen MR) is 119 cm³/mol. The number of hydrogen-bond donors (Lipinski definition) is 1. The molecule has 1 aliphatic rings. The molecule has 0 unspecified atom stereocenters. The van der Waals surface area contributed by atoms with E-state index in [1.165, 1.54) is 13.5 Å². The van der Waals surface area contributed by atoms with Crippen LogP contribution in [0.2, 0.25) is 0 Å². The van der Waals surface area contributed by atoms with E-state index in [2.05, 4.69) is 5.32 Å². The zero-order valence-electron chi connectivity index (χ0n) is 18.1. The quantitative estimate of drug-likeness (QED) is 0.531. The fourth-order valence-electron chi connectivity index (χ4n) is 4.24. The van der Waals surface area contributed by atoms with Gasteiger partial charge in [0.15, 0.2) is 17.3 Å². The fraction of sp³-hybridized carbons (Fsp3) is 0.360. The number of carbonyl (C=O) groups excluding carboxylic acids is 2. The summed E-state index contributed by atoms with van der Waals surface area (Å²) in [4.78, 5) is 25.7. The van der Waals surface area contributed by atoms with Crippen molar-refractivity contribution < 1.29 is 23.5 Å². The number of aryl methyl sites for hydroxylation is 1. The number of carbonyl (C=O) groups is 2. The molecule has 1 fully saturated rings. The van der Waals surface area contributed by atoms with Gasteiger partial charge in [-0.1, -0.05) is 19.3 Å². The standard InChI is InChI=1S/C25H27NO5/c1-15-19-11-10-18(26-25(28)16-7-5-4-6-8-16)14-21(19)31-24(15)23(27)17-9-12-20(29-2)22(13-17)30-3/h9-14,16H,4-8H2,1-3H3,(H,26,28). The number of amides is 1. The van der Waals surface area contributed by atoms with Crippen LogP contribution in [0.25, 0.3) is 11.0 Å². The largest absolute Gasteiger partial charge is 0.493 e.